The molecule has 1 aliphatic rings. The first-order valence-corrected chi connectivity index (χ1v) is 20.4. The molecule has 2 N–H and O–H groups in total. The maximum absolute atomic E-state index is 6.23. The van der Waals surface area contributed by atoms with Gasteiger partial charge in [0.2, 0.25) is 0 Å². The molecule has 8 aromatic rings. The van der Waals surface area contributed by atoms with Crippen molar-refractivity contribution in [2.24, 2.45) is 0 Å². The van der Waals surface area contributed by atoms with E-state index >= 15 is 0 Å². The van der Waals surface area contributed by atoms with E-state index in [-0.39, 0.29) is 21.9 Å². The van der Waals surface area contributed by atoms with Crippen molar-refractivity contribution in [1.82, 2.24) is 59.4 Å². The standard InChI is InChI=1S/C17H15ClN6.C13H16BClN2O2.C10H11IN4.FH/c1-10(2)24-8-13(15-3-4-19-9-22-15)16(23-24)11-5-12-14(18)7-21-17(12)20-6-11;1-12(2)13(3,4)19-14(18-12)8-5-9-10(15)7-17-11(9)16-6-8;1-7(2)15-5-8(10(11)14-15)9-3-4-12-6-13-9;/h3-10H,1-2H3,(H,20,21);5-7H,1-4H3,(H,16,17);3-7H,1-2H3;1H/p-1. The van der Waals surface area contributed by atoms with Crippen LogP contribution >= 0.6 is 45.8 Å². The topological polar surface area (TPSA) is 163 Å². The Hall–Kier alpha value is -4.82. The SMILES string of the molecule is CC(C)n1cc(-c2ccncn2)c(-c2cnc3[nH]cc(Cl)c3c2)n1.CC(C)n1cc(-c2ccncn2)c(I)n1.CC1(C)OB(c2cnc3[nH]cc(Cl)c3c2)OC1(C)C.[F-]. The largest absolute Gasteiger partial charge is 1.00 e. The number of rotatable bonds is 6. The molecule has 0 aliphatic carbocycles. The zero-order valence-corrected chi connectivity index (χ0v) is 37.3. The molecular weight excluding hydrogens is 908 g/mol. The average Bonchev–Trinajstić information content (AvgIpc) is 4.03. The van der Waals surface area contributed by atoms with Crippen molar-refractivity contribution in [1.29, 1.82) is 0 Å². The Kier molecular flexibility index (Phi) is 13.2. The monoisotopic (exact) mass is 949 g/mol. The third kappa shape index (κ3) is 9.33. The van der Waals surface area contributed by atoms with Gasteiger partial charge in [0, 0.05) is 89.0 Å². The number of halogens is 4. The molecule has 306 valence electrons. The van der Waals surface area contributed by atoms with Crippen LogP contribution in [0.4, 0.5) is 0 Å². The van der Waals surface area contributed by atoms with Gasteiger partial charge in [0.05, 0.1) is 38.2 Å². The molecule has 9 rings (SSSR count). The van der Waals surface area contributed by atoms with Gasteiger partial charge in [-0.2, -0.15) is 10.2 Å². The highest BCUT2D eigenvalue weighted by Gasteiger charge is 2.51. The van der Waals surface area contributed by atoms with Crippen LogP contribution in [-0.2, 0) is 9.31 Å². The van der Waals surface area contributed by atoms with Gasteiger partial charge >= 0.3 is 7.12 Å². The van der Waals surface area contributed by atoms with E-state index in [0.717, 1.165) is 65.0 Å². The molecule has 14 nitrogen and oxygen atoms in total. The van der Waals surface area contributed by atoms with E-state index in [1.54, 1.807) is 43.5 Å². The molecule has 1 fully saturated rings. The van der Waals surface area contributed by atoms with E-state index in [9.17, 15) is 0 Å². The molecular formula is C40H42BCl2FIN12O2-. The predicted octanol–water partition coefficient (Wildman–Crippen LogP) is 6.16. The van der Waals surface area contributed by atoms with Crippen LogP contribution in [0.1, 0.15) is 67.5 Å². The first-order valence-electron chi connectivity index (χ1n) is 18.6. The van der Waals surface area contributed by atoms with Crippen molar-refractivity contribution >= 4 is 80.4 Å². The predicted molar refractivity (Wildman–Crippen MR) is 237 cm³/mol. The Morgan fingerprint density at radius 3 is 1.75 bits per heavy atom. The minimum atomic E-state index is -0.409. The normalized spacial score (nSPS) is 14.3. The summed E-state index contributed by atoms with van der Waals surface area (Å²) in [6.45, 7) is 16.5. The second-order valence-corrected chi connectivity index (χ2v) is 17.0. The van der Waals surface area contributed by atoms with Crippen molar-refractivity contribution in [3.63, 3.8) is 0 Å². The van der Waals surface area contributed by atoms with E-state index in [1.165, 1.54) is 6.33 Å². The summed E-state index contributed by atoms with van der Waals surface area (Å²) >= 11 is 14.6. The second-order valence-electron chi connectivity index (χ2n) is 15.2. The van der Waals surface area contributed by atoms with Crippen LogP contribution in [0.25, 0.3) is 55.8 Å². The quantitative estimate of drug-likeness (QED) is 0.146. The lowest BCUT2D eigenvalue weighted by atomic mass is 9.80. The Bertz CT molecular complexity index is 2650. The summed E-state index contributed by atoms with van der Waals surface area (Å²) in [4.78, 5) is 31.3. The first-order chi connectivity index (χ1) is 27.6. The van der Waals surface area contributed by atoms with E-state index < -0.39 is 7.12 Å². The molecule has 0 aromatic carbocycles. The summed E-state index contributed by atoms with van der Waals surface area (Å²) in [6, 6.07) is 8.34. The van der Waals surface area contributed by atoms with Gasteiger partial charge in [0.25, 0.3) is 0 Å². The third-order valence-corrected chi connectivity index (χ3v) is 11.4. The first kappa shape index (κ1) is 43.8. The van der Waals surface area contributed by atoms with Crippen LogP contribution in [0.5, 0.6) is 0 Å². The Balaban J connectivity index is 0.000000152. The van der Waals surface area contributed by atoms with Crippen LogP contribution in [0.3, 0.4) is 0 Å². The third-order valence-electron chi connectivity index (χ3n) is 9.97. The molecule has 0 atom stereocenters. The van der Waals surface area contributed by atoms with Gasteiger partial charge in [0.1, 0.15) is 33.3 Å². The van der Waals surface area contributed by atoms with E-state index in [4.69, 9.17) is 37.6 Å². The molecule has 0 amide bonds. The van der Waals surface area contributed by atoms with Gasteiger partial charge in [-0.05, 0) is 102 Å². The average molecular weight is 950 g/mol. The van der Waals surface area contributed by atoms with Crippen LogP contribution < -0.4 is 10.2 Å². The summed E-state index contributed by atoms with van der Waals surface area (Å²) in [5, 5.41) is 12.2. The number of pyridine rings is 2. The highest BCUT2D eigenvalue weighted by Crippen LogP contribution is 2.37. The molecule has 8 aromatic heterocycles. The number of fused-ring (bicyclic) bond motifs is 2. The fraction of sp³-hybridized carbons (Fsp3) is 0.300. The van der Waals surface area contributed by atoms with Crippen LogP contribution in [0, 0.1) is 3.70 Å². The van der Waals surface area contributed by atoms with Gasteiger partial charge in [-0.3, -0.25) is 9.36 Å². The lowest BCUT2D eigenvalue weighted by molar-refractivity contribution is -0.0000152. The molecule has 0 spiro atoms. The Morgan fingerprint density at radius 2 is 1.22 bits per heavy atom. The number of nitrogens with one attached hydrogen (secondary N) is 2. The van der Waals surface area contributed by atoms with E-state index in [1.807, 2.05) is 73.7 Å². The summed E-state index contributed by atoms with van der Waals surface area (Å²) in [7, 11) is -0.409. The number of hydrogen-bond acceptors (Lipinski definition) is 10. The van der Waals surface area contributed by atoms with Crippen molar-refractivity contribution in [3.8, 4) is 33.8 Å². The number of hydrogen-bond donors (Lipinski definition) is 2. The molecule has 0 bridgehead atoms. The van der Waals surface area contributed by atoms with Gasteiger partial charge in [-0.15, -0.1) is 0 Å². The van der Waals surface area contributed by atoms with Gasteiger partial charge < -0.3 is 24.0 Å². The molecule has 0 unspecified atom stereocenters. The smallest absolute Gasteiger partial charge is 0.496 e. The summed E-state index contributed by atoms with van der Waals surface area (Å²) in [5.41, 5.74) is 7.18. The maximum Gasteiger partial charge on any atom is 0.496 e. The molecule has 0 saturated carbocycles. The summed E-state index contributed by atoms with van der Waals surface area (Å²) < 4.78 is 16.8. The van der Waals surface area contributed by atoms with Crippen LogP contribution in [0.2, 0.25) is 10.0 Å². The lowest BCUT2D eigenvalue weighted by Crippen LogP contribution is -3.00. The van der Waals surface area contributed by atoms with Gasteiger partial charge in [0.15, 0.2) is 0 Å². The van der Waals surface area contributed by atoms with Gasteiger partial charge in [-0.1, -0.05) is 23.2 Å². The molecule has 1 aliphatic heterocycles. The fourth-order valence-corrected chi connectivity index (χ4v) is 7.02. The van der Waals surface area contributed by atoms with Gasteiger partial charge in [-0.25, -0.2) is 29.9 Å². The number of nitrogens with zero attached hydrogens (tertiary/aromatic N) is 10. The minimum absolute atomic E-state index is 0. The Morgan fingerprint density at radius 1 is 0.712 bits per heavy atom. The summed E-state index contributed by atoms with van der Waals surface area (Å²) in [5.74, 6) is 0. The van der Waals surface area contributed by atoms with Crippen molar-refractivity contribution in [3.05, 3.63) is 100 Å². The zero-order valence-electron chi connectivity index (χ0n) is 33.6. The van der Waals surface area contributed by atoms with Crippen molar-refractivity contribution in [2.75, 3.05) is 0 Å². The lowest BCUT2D eigenvalue weighted by Gasteiger charge is -2.32. The minimum Gasteiger partial charge on any atom is -1.00 e. The molecule has 9 heterocycles. The van der Waals surface area contributed by atoms with Crippen LogP contribution in [0.15, 0.2) is 86.5 Å². The maximum atomic E-state index is 6.23. The number of aromatic amines is 2. The Labute approximate surface area is 364 Å². The fourth-order valence-electron chi connectivity index (χ4n) is 5.96. The van der Waals surface area contributed by atoms with Crippen molar-refractivity contribution in [2.45, 2.75) is 78.7 Å². The summed E-state index contributed by atoms with van der Waals surface area (Å²) in [6.07, 6.45) is 17.6. The highest BCUT2D eigenvalue weighted by molar-refractivity contribution is 14.1. The number of aromatic nitrogens is 12. The molecule has 59 heavy (non-hydrogen) atoms. The van der Waals surface area contributed by atoms with Crippen molar-refractivity contribution < 1.29 is 14.0 Å². The van der Waals surface area contributed by atoms with Crippen LogP contribution in [-0.4, -0.2) is 77.8 Å². The number of H-pyrrole nitrogens is 2. The van der Waals surface area contributed by atoms with E-state index in [2.05, 4.69) is 95.3 Å². The molecule has 0 radical (unpaired) electrons. The zero-order chi connectivity index (χ0) is 41.4. The molecule has 19 heteroatoms. The molecule has 1 saturated heterocycles. The second kappa shape index (κ2) is 17.8. The highest BCUT2D eigenvalue weighted by atomic mass is 127. The van der Waals surface area contributed by atoms with E-state index in [0.29, 0.717) is 16.1 Å².